The standard InChI is InChI=1S/C16H10BrN5S/c17-13-8-12(9-18-10-13)15-19-20-16-22(15)21-14(23-16)7-6-11-4-2-1-3-5-11/h1-10H/b7-6+. The van der Waals surface area contributed by atoms with Gasteiger partial charge in [0.25, 0.3) is 0 Å². The summed E-state index contributed by atoms with van der Waals surface area (Å²) in [6.07, 6.45) is 7.50. The molecule has 0 N–H and O–H groups in total. The van der Waals surface area contributed by atoms with Gasteiger partial charge in [-0.15, -0.1) is 10.2 Å². The van der Waals surface area contributed by atoms with E-state index >= 15 is 0 Å². The fraction of sp³-hybridized carbons (Fsp3) is 0. The van der Waals surface area contributed by atoms with Crippen LogP contribution < -0.4 is 0 Å². The summed E-state index contributed by atoms with van der Waals surface area (Å²) in [5.41, 5.74) is 2.01. The summed E-state index contributed by atoms with van der Waals surface area (Å²) in [7, 11) is 0. The highest BCUT2D eigenvalue weighted by Crippen LogP contribution is 2.24. The molecule has 1 aromatic carbocycles. The number of hydrogen-bond acceptors (Lipinski definition) is 5. The van der Waals surface area contributed by atoms with Gasteiger partial charge in [0.05, 0.1) is 0 Å². The molecule has 0 radical (unpaired) electrons. The lowest BCUT2D eigenvalue weighted by molar-refractivity contribution is 0.958. The quantitative estimate of drug-likeness (QED) is 0.532. The van der Waals surface area contributed by atoms with E-state index < -0.39 is 0 Å². The Morgan fingerprint density at radius 2 is 1.91 bits per heavy atom. The fourth-order valence-electron chi connectivity index (χ4n) is 2.14. The Morgan fingerprint density at radius 1 is 1.04 bits per heavy atom. The largest absolute Gasteiger partial charge is 0.263 e. The average Bonchev–Trinajstić information content (AvgIpc) is 3.14. The van der Waals surface area contributed by atoms with Crippen LogP contribution in [-0.4, -0.2) is 24.8 Å². The second kappa shape index (κ2) is 6.02. The molecule has 0 fully saturated rings. The van der Waals surface area contributed by atoms with Gasteiger partial charge in [-0.1, -0.05) is 47.7 Å². The van der Waals surface area contributed by atoms with Crippen molar-refractivity contribution >= 4 is 44.4 Å². The van der Waals surface area contributed by atoms with E-state index in [1.54, 1.807) is 16.9 Å². The van der Waals surface area contributed by atoms with Crippen molar-refractivity contribution in [3.05, 3.63) is 63.8 Å². The topological polar surface area (TPSA) is 56.0 Å². The Labute approximate surface area is 144 Å². The Balaban J connectivity index is 1.71. The maximum absolute atomic E-state index is 4.57. The summed E-state index contributed by atoms with van der Waals surface area (Å²) >= 11 is 4.91. The van der Waals surface area contributed by atoms with Crippen molar-refractivity contribution < 1.29 is 0 Å². The van der Waals surface area contributed by atoms with Crippen LogP contribution >= 0.6 is 27.3 Å². The Bertz CT molecular complexity index is 990. The molecule has 4 aromatic rings. The lowest BCUT2D eigenvalue weighted by Crippen LogP contribution is -1.91. The highest BCUT2D eigenvalue weighted by atomic mass is 79.9. The number of aromatic nitrogens is 5. The summed E-state index contributed by atoms with van der Waals surface area (Å²) < 4.78 is 2.64. The normalized spacial score (nSPS) is 11.5. The van der Waals surface area contributed by atoms with Crippen molar-refractivity contribution in [3.63, 3.8) is 0 Å². The van der Waals surface area contributed by atoms with Gasteiger partial charge >= 0.3 is 0 Å². The summed E-state index contributed by atoms with van der Waals surface area (Å²) in [5, 5.41) is 13.8. The number of pyridine rings is 1. The molecule has 5 nitrogen and oxygen atoms in total. The Hall–Kier alpha value is -2.38. The third-order valence-corrected chi connectivity index (χ3v) is 4.49. The summed E-state index contributed by atoms with van der Waals surface area (Å²) in [6.45, 7) is 0. The zero-order valence-corrected chi connectivity index (χ0v) is 14.2. The highest BCUT2D eigenvalue weighted by molar-refractivity contribution is 9.10. The molecule has 112 valence electrons. The maximum Gasteiger partial charge on any atom is 0.235 e. The lowest BCUT2D eigenvalue weighted by atomic mass is 10.2. The molecule has 0 unspecified atom stereocenters. The first-order chi connectivity index (χ1) is 11.3. The molecule has 0 saturated heterocycles. The summed E-state index contributed by atoms with van der Waals surface area (Å²) in [5.74, 6) is 0.685. The van der Waals surface area contributed by atoms with Crippen molar-refractivity contribution in [1.82, 2.24) is 24.8 Å². The van der Waals surface area contributed by atoms with Gasteiger partial charge in [0.2, 0.25) is 4.96 Å². The van der Waals surface area contributed by atoms with Gasteiger partial charge in [0.1, 0.15) is 5.01 Å². The summed E-state index contributed by atoms with van der Waals surface area (Å²) in [6, 6.07) is 12.1. The highest BCUT2D eigenvalue weighted by Gasteiger charge is 2.12. The van der Waals surface area contributed by atoms with Gasteiger partial charge in [0.15, 0.2) is 5.82 Å². The number of hydrogen-bond donors (Lipinski definition) is 0. The van der Waals surface area contributed by atoms with E-state index in [4.69, 9.17) is 0 Å². The first kappa shape index (κ1) is 14.2. The SMILES string of the molecule is Brc1cncc(-c2nnc3sc(/C=C/c4ccccc4)nn23)c1. The van der Waals surface area contributed by atoms with Crippen LogP contribution in [0.1, 0.15) is 10.6 Å². The van der Waals surface area contributed by atoms with Gasteiger partial charge in [0, 0.05) is 22.4 Å². The van der Waals surface area contributed by atoms with Gasteiger partial charge in [-0.25, -0.2) is 0 Å². The molecule has 23 heavy (non-hydrogen) atoms. The average molecular weight is 384 g/mol. The van der Waals surface area contributed by atoms with Crippen LogP contribution in [0.2, 0.25) is 0 Å². The molecule has 0 amide bonds. The number of rotatable bonds is 3. The van der Waals surface area contributed by atoms with Gasteiger partial charge in [-0.2, -0.15) is 9.61 Å². The molecule has 0 bridgehead atoms. The van der Waals surface area contributed by atoms with Crippen molar-refractivity contribution in [1.29, 1.82) is 0 Å². The van der Waals surface area contributed by atoms with Crippen LogP contribution in [0.3, 0.4) is 0 Å². The third kappa shape index (κ3) is 2.93. The first-order valence-electron chi connectivity index (χ1n) is 6.86. The van der Waals surface area contributed by atoms with Crippen LogP contribution in [0.4, 0.5) is 0 Å². The zero-order chi connectivity index (χ0) is 15.6. The van der Waals surface area contributed by atoms with Gasteiger partial charge in [-0.05, 0) is 33.6 Å². The molecule has 0 aliphatic carbocycles. The number of halogens is 1. The van der Waals surface area contributed by atoms with Crippen LogP contribution in [0.15, 0.2) is 53.3 Å². The minimum absolute atomic E-state index is 0.685. The monoisotopic (exact) mass is 383 g/mol. The predicted molar refractivity (Wildman–Crippen MR) is 95.0 cm³/mol. The molecule has 0 aliphatic rings. The minimum atomic E-state index is 0.685. The fourth-order valence-corrected chi connectivity index (χ4v) is 3.25. The molecule has 0 aliphatic heterocycles. The second-order valence-corrected chi connectivity index (χ2v) is 6.70. The third-order valence-electron chi connectivity index (χ3n) is 3.19. The van der Waals surface area contributed by atoms with E-state index in [2.05, 4.69) is 48.3 Å². The van der Waals surface area contributed by atoms with Crippen molar-refractivity contribution in [3.8, 4) is 11.4 Å². The van der Waals surface area contributed by atoms with Gasteiger partial charge < -0.3 is 0 Å². The number of nitrogens with zero attached hydrogens (tertiary/aromatic N) is 5. The Kier molecular flexibility index (Phi) is 3.72. The van der Waals surface area contributed by atoms with Crippen molar-refractivity contribution in [2.75, 3.05) is 0 Å². The van der Waals surface area contributed by atoms with E-state index in [0.717, 1.165) is 25.6 Å². The smallest absolute Gasteiger partial charge is 0.235 e. The molecule has 7 heteroatoms. The molecule has 4 rings (SSSR count). The van der Waals surface area contributed by atoms with Crippen LogP contribution in [0.5, 0.6) is 0 Å². The molecule has 3 heterocycles. The second-order valence-electron chi connectivity index (χ2n) is 4.79. The maximum atomic E-state index is 4.57. The zero-order valence-electron chi connectivity index (χ0n) is 11.8. The van der Waals surface area contributed by atoms with Crippen molar-refractivity contribution in [2.45, 2.75) is 0 Å². The predicted octanol–water partition coefficient (Wildman–Crippen LogP) is 4.18. The van der Waals surface area contributed by atoms with E-state index in [1.165, 1.54) is 11.3 Å². The molecule has 0 spiro atoms. The van der Waals surface area contributed by atoms with Crippen LogP contribution in [0.25, 0.3) is 28.5 Å². The molecular formula is C16H10BrN5S. The molecular weight excluding hydrogens is 374 g/mol. The van der Waals surface area contributed by atoms with Crippen LogP contribution in [0, 0.1) is 0 Å². The van der Waals surface area contributed by atoms with Crippen LogP contribution in [-0.2, 0) is 0 Å². The van der Waals surface area contributed by atoms with E-state index in [-0.39, 0.29) is 0 Å². The number of fused-ring (bicyclic) bond motifs is 1. The summed E-state index contributed by atoms with van der Waals surface area (Å²) in [4.78, 5) is 4.92. The first-order valence-corrected chi connectivity index (χ1v) is 8.47. The van der Waals surface area contributed by atoms with Crippen molar-refractivity contribution in [2.24, 2.45) is 0 Å². The van der Waals surface area contributed by atoms with Gasteiger partial charge in [-0.3, -0.25) is 4.98 Å². The molecule has 0 saturated carbocycles. The number of benzene rings is 1. The van der Waals surface area contributed by atoms with E-state index in [1.807, 2.05) is 36.4 Å². The molecule has 3 aromatic heterocycles. The van der Waals surface area contributed by atoms with E-state index in [0.29, 0.717) is 5.82 Å². The molecule has 0 atom stereocenters. The minimum Gasteiger partial charge on any atom is -0.263 e. The lowest BCUT2D eigenvalue weighted by Gasteiger charge is -1.96. The Morgan fingerprint density at radius 3 is 2.74 bits per heavy atom. The van der Waals surface area contributed by atoms with E-state index in [9.17, 15) is 0 Å².